The summed E-state index contributed by atoms with van der Waals surface area (Å²) in [6.45, 7) is 5.50. The fourth-order valence-electron chi connectivity index (χ4n) is 6.75. The van der Waals surface area contributed by atoms with Crippen LogP contribution in [0.4, 0.5) is 0 Å². The number of hydrogen-bond donors (Lipinski definition) is 1. The van der Waals surface area contributed by atoms with Crippen molar-refractivity contribution in [2.75, 3.05) is 6.54 Å². The molecule has 3 unspecified atom stereocenters. The van der Waals surface area contributed by atoms with Crippen molar-refractivity contribution in [1.29, 1.82) is 0 Å². The molecule has 4 nitrogen and oxygen atoms in total. The third-order valence-electron chi connectivity index (χ3n) is 8.83. The third kappa shape index (κ3) is 3.86. The zero-order valence-corrected chi connectivity index (χ0v) is 23.0. The molecule has 1 aromatic heterocycles. The van der Waals surface area contributed by atoms with Crippen molar-refractivity contribution in [3.63, 3.8) is 0 Å². The molecule has 2 aromatic carbocycles. The van der Waals surface area contributed by atoms with Gasteiger partial charge in [0.25, 0.3) is 5.91 Å². The van der Waals surface area contributed by atoms with E-state index in [0.717, 1.165) is 45.7 Å². The van der Waals surface area contributed by atoms with Crippen LogP contribution in [0.1, 0.15) is 54.7 Å². The van der Waals surface area contributed by atoms with E-state index in [0.29, 0.717) is 39.5 Å². The second-order valence-corrected chi connectivity index (χ2v) is 12.7. The number of fused-ring (bicyclic) bond motifs is 5. The number of nitrogens with zero attached hydrogens (tertiary/aromatic N) is 2. The largest absolute Gasteiger partial charge is 0.350 e. The molecule has 7 rings (SSSR count). The van der Waals surface area contributed by atoms with Crippen LogP contribution in [-0.2, 0) is 12.8 Å². The summed E-state index contributed by atoms with van der Waals surface area (Å²) in [5.41, 5.74) is 5.86. The lowest BCUT2D eigenvalue weighted by atomic mass is 9.45. The van der Waals surface area contributed by atoms with Crippen molar-refractivity contribution in [2.45, 2.75) is 46.0 Å². The average molecular weight is 573 g/mol. The van der Waals surface area contributed by atoms with Crippen molar-refractivity contribution in [2.24, 2.45) is 23.2 Å². The molecule has 2 bridgehead atoms. The number of aryl methyl sites for hydroxylation is 1. The van der Waals surface area contributed by atoms with Gasteiger partial charge >= 0.3 is 0 Å². The fraction of sp³-hybridized carbons (Fsp3) is 0.429. The van der Waals surface area contributed by atoms with Crippen LogP contribution in [0.5, 0.6) is 0 Å². The van der Waals surface area contributed by atoms with Gasteiger partial charge in [0.2, 0.25) is 0 Å². The zero-order chi connectivity index (χ0) is 24.5. The normalized spacial score (nSPS) is 23.7. The zero-order valence-electron chi connectivity index (χ0n) is 19.9. The van der Waals surface area contributed by atoms with Crippen LogP contribution in [0.2, 0.25) is 10.0 Å². The van der Waals surface area contributed by atoms with E-state index in [2.05, 4.69) is 47.2 Å². The quantitative estimate of drug-likeness (QED) is 0.351. The molecule has 3 fully saturated rings. The standard InChI is InChI=1S/C28H28BrCl2N3O/c1-28(2)17-5-3-16(22(28)12-17)14-32-27(35)25-21-8-4-15-11-18(29)6-9-20(15)26(21)34(33-25)24-10-7-19(30)13-23(24)31/h6-7,9-11,13,16-17,22H,3-5,8,12,14H2,1-2H3,(H,32,35). The number of hydrogen-bond acceptors (Lipinski definition) is 2. The van der Waals surface area contributed by atoms with Gasteiger partial charge in [-0.1, -0.05) is 59.0 Å². The van der Waals surface area contributed by atoms with E-state index in [9.17, 15) is 4.79 Å². The maximum Gasteiger partial charge on any atom is 0.272 e. The minimum absolute atomic E-state index is 0.0927. The van der Waals surface area contributed by atoms with E-state index in [1.54, 1.807) is 12.1 Å². The van der Waals surface area contributed by atoms with E-state index in [1.165, 1.54) is 24.8 Å². The predicted octanol–water partition coefficient (Wildman–Crippen LogP) is 7.51. The molecule has 0 aliphatic heterocycles. The van der Waals surface area contributed by atoms with E-state index in [-0.39, 0.29) is 5.91 Å². The Kier molecular flexibility index (Phi) is 5.82. The molecule has 35 heavy (non-hydrogen) atoms. The van der Waals surface area contributed by atoms with Gasteiger partial charge in [-0.3, -0.25) is 4.79 Å². The lowest BCUT2D eigenvalue weighted by Crippen LogP contribution is -2.54. The summed E-state index contributed by atoms with van der Waals surface area (Å²) in [5, 5.41) is 9.19. The molecule has 3 aromatic rings. The first-order valence-corrected chi connectivity index (χ1v) is 13.9. The van der Waals surface area contributed by atoms with Gasteiger partial charge in [0.15, 0.2) is 5.69 Å². The highest BCUT2D eigenvalue weighted by molar-refractivity contribution is 9.10. The van der Waals surface area contributed by atoms with Gasteiger partial charge in [0, 0.05) is 27.2 Å². The molecule has 1 amide bonds. The maximum absolute atomic E-state index is 13.5. The highest BCUT2D eigenvalue weighted by Crippen LogP contribution is 2.61. The summed E-state index contributed by atoms with van der Waals surface area (Å²) >= 11 is 16.4. The summed E-state index contributed by atoms with van der Waals surface area (Å²) in [6, 6.07) is 11.7. The van der Waals surface area contributed by atoms with Crippen molar-refractivity contribution in [1.82, 2.24) is 15.1 Å². The summed E-state index contributed by atoms with van der Waals surface area (Å²) < 4.78 is 2.87. The van der Waals surface area contributed by atoms with Crippen LogP contribution in [0.15, 0.2) is 40.9 Å². The van der Waals surface area contributed by atoms with Crippen LogP contribution in [-0.4, -0.2) is 22.2 Å². The monoisotopic (exact) mass is 571 g/mol. The van der Waals surface area contributed by atoms with Gasteiger partial charge < -0.3 is 5.32 Å². The maximum atomic E-state index is 13.5. The first kappa shape index (κ1) is 23.6. The summed E-state index contributed by atoms with van der Waals surface area (Å²) in [7, 11) is 0. The Bertz CT molecular complexity index is 1350. The van der Waals surface area contributed by atoms with Gasteiger partial charge in [0.05, 0.1) is 16.4 Å². The van der Waals surface area contributed by atoms with Crippen LogP contribution in [0.3, 0.4) is 0 Å². The van der Waals surface area contributed by atoms with Crippen LogP contribution < -0.4 is 5.32 Å². The highest BCUT2D eigenvalue weighted by atomic mass is 79.9. The number of carbonyl (C=O) groups is 1. The Labute approximate surface area is 224 Å². The summed E-state index contributed by atoms with van der Waals surface area (Å²) in [4.78, 5) is 13.5. The highest BCUT2D eigenvalue weighted by Gasteiger charge is 2.54. The molecule has 1 heterocycles. The number of halogens is 3. The summed E-state index contributed by atoms with van der Waals surface area (Å²) in [5.74, 6) is 2.00. The molecule has 0 saturated heterocycles. The van der Waals surface area contributed by atoms with Crippen LogP contribution in [0, 0.1) is 23.2 Å². The van der Waals surface area contributed by atoms with Crippen molar-refractivity contribution in [3.8, 4) is 16.9 Å². The molecule has 0 radical (unpaired) electrons. The number of rotatable bonds is 4. The van der Waals surface area contributed by atoms with Crippen LogP contribution in [0.25, 0.3) is 16.9 Å². The number of aromatic nitrogens is 2. The number of nitrogens with one attached hydrogen (secondary N) is 1. The van der Waals surface area contributed by atoms with Gasteiger partial charge in [-0.15, -0.1) is 0 Å². The summed E-state index contributed by atoms with van der Waals surface area (Å²) in [6.07, 6.45) is 5.40. The lowest BCUT2D eigenvalue weighted by Gasteiger charge is -2.60. The average Bonchev–Trinajstić information content (AvgIpc) is 3.22. The molecular weight excluding hydrogens is 545 g/mol. The third-order valence-corrected chi connectivity index (χ3v) is 9.86. The number of carbonyl (C=O) groups excluding carboxylic acids is 1. The minimum atomic E-state index is -0.0927. The Morgan fingerprint density at radius 1 is 1.17 bits per heavy atom. The molecule has 7 heteroatoms. The second-order valence-electron chi connectivity index (χ2n) is 10.9. The van der Waals surface area contributed by atoms with Gasteiger partial charge in [0.1, 0.15) is 0 Å². The Hall–Kier alpha value is -1.82. The number of benzene rings is 2. The minimum Gasteiger partial charge on any atom is -0.350 e. The molecular formula is C28H28BrCl2N3O. The van der Waals surface area contributed by atoms with E-state index >= 15 is 0 Å². The first-order valence-electron chi connectivity index (χ1n) is 12.4. The van der Waals surface area contributed by atoms with E-state index < -0.39 is 0 Å². The van der Waals surface area contributed by atoms with E-state index in [4.69, 9.17) is 28.3 Å². The van der Waals surface area contributed by atoms with Gasteiger partial charge in [-0.2, -0.15) is 5.10 Å². The Balaban J connectivity index is 1.37. The first-order chi connectivity index (χ1) is 16.7. The van der Waals surface area contributed by atoms with Crippen molar-refractivity contribution >= 4 is 45.0 Å². The smallest absolute Gasteiger partial charge is 0.272 e. The van der Waals surface area contributed by atoms with Crippen LogP contribution >= 0.6 is 39.1 Å². The molecule has 3 atom stereocenters. The number of amides is 1. The van der Waals surface area contributed by atoms with E-state index in [1.807, 2.05) is 16.8 Å². The lowest BCUT2D eigenvalue weighted by molar-refractivity contribution is -0.103. The molecule has 0 spiro atoms. The second kappa shape index (κ2) is 8.64. The Morgan fingerprint density at radius 2 is 2.00 bits per heavy atom. The van der Waals surface area contributed by atoms with Crippen molar-refractivity contribution < 1.29 is 4.79 Å². The van der Waals surface area contributed by atoms with Gasteiger partial charge in [-0.05, 0) is 91.2 Å². The molecule has 4 aliphatic carbocycles. The molecule has 182 valence electrons. The Morgan fingerprint density at radius 3 is 2.74 bits per heavy atom. The molecule has 3 saturated carbocycles. The SMILES string of the molecule is CC1(C)C2CCC(CNC(=O)c3nn(-c4ccc(Cl)cc4Cl)c4c3CCc3cc(Br)ccc3-4)C1C2. The van der Waals surface area contributed by atoms with Gasteiger partial charge in [-0.25, -0.2) is 4.68 Å². The molecule has 1 N–H and O–H groups in total. The predicted molar refractivity (Wildman–Crippen MR) is 145 cm³/mol. The molecule has 4 aliphatic rings. The topological polar surface area (TPSA) is 46.9 Å². The van der Waals surface area contributed by atoms with Crippen molar-refractivity contribution in [3.05, 3.63) is 67.7 Å². The fourth-order valence-corrected chi connectivity index (χ4v) is 7.64.